The number of unbranched alkanes of at least 4 members (excludes halogenated alkanes) is 1. The molecule has 1 rings (SSSR count). The normalized spacial score (nSPS) is 14.8. The summed E-state index contributed by atoms with van der Waals surface area (Å²) in [5.41, 5.74) is 0. The minimum Gasteiger partial charge on any atom is -0.469 e. The number of esters is 1. The van der Waals surface area contributed by atoms with E-state index >= 15 is 0 Å². The number of amides is 2. The first-order valence-electron chi connectivity index (χ1n) is 5.68. The lowest BCUT2D eigenvalue weighted by Gasteiger charge is -2.12. The molecule has 0 atom stereocenters. The summed E-state index contributed by atoms with van der Waals surface area (Å²) in [6.07, 6.45) is 1.36. The Kier molecular flexibility index (Phi) is 5.29. The topological polar surface area (TPSA) is 90.0 Å². The Morgan fingerprint density at radius 3 is 2.06 bits per heavy atom. The van der Waals surface area contributed by atoms with Crippen molar-refractivity contribution in [2.45, 2.75) is 38.5 Å². The maximum atomic E-state index is 11.3. The Hall–Kier alpha value is -1.92. The first kappa shape index (κ1) is 14.1. The van der Waals surface area contributed by atoms with Gasteiger partial charge in [0.25, 0.3) is 11.8 Å². The highest BCUT2D eigenvalue weighted by molar-refractivity contribution is 6.01. The lowest BCUT2D eigenvalue weighted by Crippen LogP contribution is -2.31. The highest BCUT2D eigenvalue weighted by Gasteiger charge is 2.32. The summed E-state index contributed by atoms with van der Waals surface area (Å²) in [7, 11) is 1.29. The minimum absolute atomic E-state index is 0.0497. The van der Waals surface area contributed by atoms with Crippen LogP contribution < -0.4 is 0 Å². The van der Waals surface area contributed by atoms with E-state index in [4.69, 9.17) is 0 Å². The number of nitrogens with zero attached hydrogens (tertiary/aromatic N) is 1. The predicted molar refractivity (Wildman–Crippen MR) is 57.7 cm³/mol. The number of ether oxygens (including phenoxy) is 1. The smallest absolute Gasteiger partial charge is 0.333 e. The fourth-order valence-corrected chi connectivity index (χ4v) is 1.45. The van der Waals surface area contributed by atoms with E-state index in [1.54, 1.807) is 0 Å². The van der Waals surface area contributed by atoms with E-state index in [0.29, 0.717) is 17.9 Å². The van der Waals surface area contributed by atoms with Crippen LogP contribution in [0.25, 0.3) is 0 Å². The van der Waals surface area contributed by atoms with Gasteiger partial charge in [0.1, 0.15) is 0 Å². The van der Waals surface area contributed by atoms with Gasteiger partial charge in [0.2, 0.25) is 0 Å². The number of carbonyl (C=O) groups is 4. The molecule has 1 fully saturated rings. The summed E-state index contributed by atoms with van der Waals surface area (Å²) >= 11 is 0. The zero-order chi connectivity index (χ0) is 13.5. The molecule has 0 aromatic rings. The standard InChI is InChI=1S/C11H15NO6/c1-17-10(15)4-2-3-5-11(16)18-12-8(13)6-7-9(12)14/h2-7H2,1H3. The Morgan fingerprint density at radius 1 is 1.06 bits per heavy atom. The SMILES string of the molecule is COC(=O)CCCCC(=O)ON1C(=O)CCC1=O. The van der Waals surface area contributed by atoms with Crippen LogP contribution in [-0.4, -0.2) is 35.9 Å². The molecule has 18 heavy (non-hydrogen) atoms. The van der Waals surface area contributed by atoms with Gasteiger partial charge in [0, 0.05) is 25.7 Å². The maximum Gasteiger partial charge on any atom is 0.333 e. The second-order valence-electron chi connectivity index (χ2n) is 3.83. The van der Waals surface area contributed by atoms with Crippen molar-refractivity contribution in [2.75, 3.05) is 7.11 Å². The highest BCUT2D eigenvalue weighted by Crippen LogP contribution is 2.13. The Balaban J connectivity index is 2.20. The average molecular weight is 257 g/mol. The molecule has 1 heterocycles. The summed E-state index contributed by atoms with van der Waals surface area (Å²) in [5, 5.41) is 0.517. The van der Waals surface area contributed by atoms with E-state index in [0.717, 1.165) is 0 Å². The van der Waals surface area contributed by atoms with Gasteiger partial charge in [-0.05, 0) is 12.8 Å². The van der Waals surface area contributed by atoms with Gasteiger partial charge in [-0.1, -0.05) is 0 Å². The molecule has 1 aliphatic heterocycles. The van der Waals surface area contributed by atoms with Crippen molar-refractivity contribution in [1.29, 1.82) is 0 Å². The first-order chi connectivity index (χ1) is 8.54. The van der Waals surface area contributed by atoms with E-state index in [-0.39, 0.29) is 31.7 Å². The van der Waals surface area contributed by atoms with E-state index in [1.807, 2.05) is 0 Å². The molecule has 0 unspecified atom stereocenters. The van der Waals surface area contributed by atoms with Crippen molar-refractivity contribution in [3.05, 3.63) is 0 Å². The number of imide groups is 1. The van der Waals surface area contributed by atoms with Crippen LogP contribution in [0.4, 0.5) is 0 Å². The molecule has 0 aliphatic carbocycles. The molecular weight excluding hydrogens is 242 g/mol. The van der Waals surface area contributed by atoms with Crippen molar-refractivity contribution < 1.29 is 28.8 Å². The summed E-state index contributed by atoms with van der Waals surface area (Å²) in [6, 6.07) is 0. The van der Waals surface area contributed by atoms with Crippen molar-refractivity contribution in [1.82, 2.24) is 5.06 Å². The fourth-order valence-electron chi connectivity index (χ4n) is 1.45. The molecule has 2 amide bonds. The van der Waals surface area contributed by atoms with Crippen LogP contribution in [-0.2, 0) is 28.8 Å². The van der Waals surface area contributed by atoms with Gasteiger partial charge in [-0.3, -0.25) is 14.4 Å². The third kappa shape index (κ3) is 4.15. The van der Waals surface area contributed by atoms with Crippen molar-refractivity contribution in [3.8, 4) is 0 Å². The molecule has 7 nitrogen and oxygen atoms in total. The summed E-state index contributed by atoms with van der Waals surface area (Å²) < 4.78 is 4.44. The maximum absolute atomic E-state index is 11.3. The Bertz CT molecular complexity index is 349. The highest BCUT2D eigenvalue weighted by atomic mass is 16.7. The number of hydroxylamine groups is 2. The molecule has 0 spiro atoms. The van der Waals surface area contributed by atoms with Gasteiger partial charge < -0.3 is 9.57 Å². The molecule has 0 radical (unpaired) electrons. The number of rotatable bonds is 6. The Morgan fingerprint density at radius 2 is 1.56 bits per heavy atom. The molecule has 0 saturated carbocycles. The number of carbonyl (C=O) groups excluding carboxylic acids is 4. The lowest BCUT2D eigenvalue weighted by molar-refractivity contribution is -0.197. The molecule has 100 valence electrons. The van der Waals surface area contributed by atoms with Crippen molar-refractivity contribution >= 4 is 23.8 Å². The van der Waals surface area contributed by atoms with Crippen LogP contribution in [0.2, 0.25) is 0 Å². The van der Waals surface area contributed by atoms with Crippen LogP contribution in [0.15, 0.2) is 0 Å². The van der Waals surface area contributed by atoms with E-state index in [9.17, 15) is 19.2 Å². The fraction of sp³-hybridized carbons (Fsp3) is 0.636. The molecule has 1 saturated heterocycles. The van der Waals surface area contributed by atoms with Crippen LogP contribution >= 0.6 is 0 Å². The number of methoxy groups -OCH3 is 1. The first-order valence-corrected chi connectivity index (χ1v) is 5.68. The quantitative estimate of drug-likeness (QED) is 0.387. The molecule has 0 bridgehead atoms. The zero-order valence-electron chi connectivity index (χ0n) is 10.1. The molecule has 0 N–H and O–H groups in total. The third-order valence-corrected chi connectivity index (χ3v) is 2.44. The van der Waals surface area contributed by atoms with E-state index < -0.39 is 17.8 Å². The minimum atomic E-state index is -0.650. The van der Waals surface area contributed by atoms with E-state index in [1.165, 1.54) is 7.11 Å². The monoisotopic (exact) mass is 257 g/mol. The van der Waals surface area contributed by atoms with Crippen LogP contribution in [0, 0.1) is 0 Å². The van der Waals surface area contributed by atoms with Gasteiger partial charge in [-0.25, -0.2) is 4.79 Å². The molecule has 1 aliphatic rings. The lowest BCUT2D eigenvalue weighted by atomic mass is 10.2. The third-order valence-electron chi connectivity index (χ3n) is 2.44. The second kappa shape index (κ2) is 6.73. The van der Waals surface area contributed by atoms with Crippen molar-refractivity contribution in [3.63, 3.8) is 0 Å². The van der Waals surface area contributed by atoms with Crippen LogP contribution in [0.5, 0.6) is 0 Å². The molecule has 0 aromatic carbocycles. The zero-order valence-corrected chi connectivity index (χ0v) is 10.1. The van der Waals surface area contributed by atoms with Gasteiger partial charge in [0.15, 0.2) is 0 Å². The summed E-state index contributed by atoms with van der Waals surface area (Å²) in [5.74, 6) is -1.98. The number of hydrogen-bond acceptors (Lipinski definition) is 6. The number of hydrogen-bond donors (Lipinski definition) is 0. The second-order valence-corrected chi connectivity index (χ2v) is 3.83. The van der Waals surface area contributed by atoms with Gasteiger partial charge >= 0.3 is 11.9 Å². The van der Waals surface area contributed by atoms with Gasteiger partial charge in [0.05, 0.1) is 7.11 Å². The largest absolute Gasteiger partial charge is 0.469 e. The van der Waals surface area contributed by atoms with E-state index in [2.05, 4.69) is 9.57 Å². The molecule has 7 heteroatoms. The summed E-state index contributed by atoms with van der Waals surface area (Å²) in [4.78, 5) is 49.0. The average Bonchev–Trinajstić information content (AvgIpc) is 2.66. The van der Waals surface area contributed by atoms with Crippen molar-refractivity contribution in [2.24, 2.45) is 0 Å². The Labute approximate surface area is 104 Å². The predicted octanol–water partition coefficient (Wildman–Crippen LogP) is 0.327. The van der Waals surface area contributed by atoms with Gasteiger partial charge in [-0.2, -0.15) is 0 Å². The molecular formula is C11H15NO6. The summed E-state index contributed by atoms with van der Waals surface area (Å²) in [6.45, 7) is 0. The van der Waals surface area contributed by atoms with Gasteiger partial charge in [-0.15, -0.1) is 5.06 Å². The van der Waals surface area contributed by atoms with Crippen LogP contribution in [0.1, 0.15) is 38.5 Å². The van der Waals surface area contributed by atoms with Crippen LogP contribution in [0.3, 0.4) is 0 Å². The molecule has 0 aromatic heterocycles.